The summed E-state index contributed by atoms with van der Waals surface area (Å²) in [7, 11) is 0. The van der Waals surface area contributed by atoms with E-state index in [9.17, 15) is 9.59 Å². The molecule has 1 aromatic rings. The molecule has 0 saturated heterocycles. The van der Waals surface area contributed by atoms with Gasteiger partial charge >= 0.3 is 0 Å². The Hall–Kier alpha value is -0.960. The van der Waals surface area contributed by atoms with Crippen LogP contribution in [0.5, 0.6) is 0 Å². The van der Waals surface area contributed by atoms with Gasteiger partial charge in [0, 0.05) is 22.0 Å². The lowest BCUT2D eigenvalue weighted by atomic mass is 10.1. The molecule has 0 saturated carbocycles. The van der Waals surface area contributed by atoms with E-state index in [4.69, 9.17) is 0 Å². The molecule has 0 unspecified atom stereocenters. The lowest BCUT2D eigenvalue weighted by molar-refractivity contribution is 0.0988. The molecular formula is C10H9BrO2. The Kier molecular flexibility index (Phi) is 3.37. The Balaban J connectivity index is 3.15. The highest BCUT2D eigenvalue weighted by molar-refractivity contribution is 9.10. The number of aldehydes is 1. The van der Waals surface area contributed by atoms with E-state index in [2.05, 4.69) is 15.9 Å². The molecule has 0 aliphatic heterocycles. The van der Waals surface area contributed by atoms with Crippen molar-refractivity contribution in [3.05, 3.63) is 33.8 Å². The van der Waals surface area contributed by atoms with E-state index in [1.807, 2.05) is 0 Å². The van der Waals surface area contributed by atoms with Gasteiger partial charge in [0.05, 0.1) is 0 Å². The minimum Gasteiger partial charge on any atom is -0.298 e. The van der Waals surface area contributed by atoms with Crippen molar-refractivity contribution < 1.29 is 9.59 Å². The van der Waals surface area contributed by atoms with Gasteiger partial charge in [-0.15, -0.1) is 0 Å². The van der Waals surface area contributed by atoms with Crippen LogP contribution in [0.25, 0.3) is 0 Å². The summed E-state index contributed by atoms with van der Waals surface area (Å²) in [5.74, 6) is 0.0457. The van der Waals surface area contributed by atoms with Gasteiger partial charge in [-0.2, -0.15) is 0 Å². The van der Waals surface area contributed by atoms with Gasteiger partial charge in [-0.1, -0.05) is 22.9 Å². The summed E-state index contributed by atoms with van der Waals surface area (Å²) >= 11 is 3.24. The first-order valence-electron chi connectivity index (χ1n) is 3.96. The molecule has 13 heavy (non-hydrogen) atoms. The molecule has 0 fully saturated rings. The van der Waals surface area contributed by atoms with Crippen LogP contribution in [0.15, 0.2) is 22.7 Å². The van der Waals surface area contributed by atoms with Gasteiger partial charge in [0.25, 0.3) is 0 Å². The maximum atomic E-state index is 11.3. The Morgan fingerprint density at radius 1 is 1.46 bits per heavy atom. The van der Waals surface area contributed by atoms with E-state index >= 15 is 0 Å². The quantitative estimate of drug-likeness (QED) is 0.602. The molecule has 0 aliphatic carbocycles. The van der Waals surface area contributed by atoms with Crippen molar-refractivity contribution in [2.24, 2.45) is 0 Å². The molecule has 1 aromatic carbocycles. The smallest absolute Gasteiger partial charge is 0.162 e. The molecule has 1 rings (SSSR count). The Morgan fingerprint density at radius 2 is 2.15 bits per heavy atom. The summed E-state index contributed by atoms with van der Waals surface area (Å²) in [4.78, 5) is 21.8. The number of hydrogen-bond acceptors (Lipinski definition) is 2. The maximum Gasteiger partial charge on any atom is 0.162 e. The molecular weight excluding hydrogens is 232 g/mol. The van der Waals surface area contributed by atoms with Gasteiger partial charge in [0.15, 0.2) is 5.78 Å². The van der Waals surface area contributed by atoms with Crippen LogP contribution in [0.1, 0.15) is 34.1 Å². The minimum absolute atomic E-state index is 0.0457. The summed E-state index contributed by atoms with van der Waals surface area (Å²) < 4.78 is 0.758. The van der Waals surface area contributed by atoms with Crippen LogP contribution in [0.3, 0.4) is 0 Å². The summed E-state index contributed by atoms with van der Waals surface area (Å²) in [5, 5.41) is 0. The Bertz CT molecular complexity index is 345. The SMILES string of the molecule is CCC(=O)c1cc(Br)cc(C=O)c1. The van der Waals surface area contributed by atoms with Crippen LogP contribution in [0, 0.1) is 0 Å². The van der Waals surface area contributed by atoms with Crippen LogP contribution in [-0.2, 0) is 0 Å². The van der Waals surface area contributed by atoms with Crippen LogP contribution >= 0.6 is 15.9 Å². The number of hydrogen-bond donors (Lipinski definition) is 0. The average Bonchev–Trinajstić information content (AvgIpc) is 2.15. The summed E-state index contributed by atoms with van der Waals surface area (Å²) in [6.45, 7) is 1.80. The lowest BCUT2D eigenvalue weighted by Gasteiger charge is -2.00. The zero-order valence-corrected chi connectivity index (χ0v) is 8.80. The molecule has 0 amide bonds. The first kappa shape index (κ1) is 10.1. The predicted molar refractivity (Wildman–Crippen MR) is 54.2 cm³/mol. The molecule has 68 valence electrons. The van der Waals surface area contributed by atoms with Gasteiger partial charge in [0.1, 0.15) is 6.29 Å². The van der Waals surface area contributed by atoms with Crippen LogP contribution in [0.4, 0.5) is 0 Å². The van der Waals surface area contributed by atoms with Crippen LogP contribution in [-0.4, -0.2) is 12.1 Å². The predicted octanol–water partition coefficient (Wildman–Crippen LogP) is 2.85. The van der Waals surface area contributed by atoms with Gasteiger partial charge in [-0.25, -0.2) is 0 Å². The van der Waals surface area contributed by atoms with E-state index in [-0.39, 0.29) is 5.78 Å². The van der Waals surface area contributed by atoms with Crippen molar-refractivity contribution in [1.82, 2.24) is 0 Å². The standard InChI is InChI=1S/C10H9BrO2/c1-2-10(13)8-3-7(6-12)4-9(11)5-8/h3-6H,2H2,1H3. The Labute approximate surface area is 85.1 Å². The topological polar surface area (TPSA) is 34.1 Å². The number of rotatable bonds is 3. The number of carbonyl (C=O) groups is 2. The van der Waals surface area contributed by atoms with Gasteiger partial charge in [-0.3, -0.25) is 9.59 Å². The lowest BCUT2D eigenvalue weighted by Crippen LogP contribution is -1.97. The molecule has 0 radical (unpaired) electrons. The van der Waals surface area contributed by atoms with E-state index in [0.717, 1.165) is 10.8 Å². The fourth-order valence-electron chi connectivity index (χ4n) is 1.05. The molecule has 0 atom stereocenters. The third kappa shape index (κ3) is 2.49. The molecule has 0 spiro atoms. The van der Waals surface area contributed by atoms with E-state index < -0.39 is 0 Å². The van der Waals surface area contributed by atoms with E-state index in [1.165, 1.54) is 0 Å². The van der Waals surface area contributed by atoms with Crippen molar-refractivity contribution in [2.75, 3.05) is 0 Å². The van der Waals surface area contributed by atoms with Crippen LogP contribution < -0.4 is 0 Å². The molecule has 0 heterocycles. The highest BCUT2D eigenvalue weighted by Gasteiger charge is 2.05. The van der Waals surface area contributed by atoms with Crippen molar-refractivity contribution in [3.63, 3.8) is 0 Å². The highest BCUT2D eigenvalue weighted by Crippen LogP contribution is 2.16. The summed E-state index contributed by atoms with van der Waals surface area (Å²) in [5.41, 5.74) is 1.10. The fraction of sp³-hybridized carbons (Fsp3) is 0.200. The third-order valence-corrected chi connectivity index (χ3v) is 2.16. The zero-order chi connectivity index (χ0) is 9.84. The molecule has 0 bridgehead atoms. The number of ketones is 1. The molecule has 3 heteroatoms. The zero-order valence-electron chi connectivity index (χ0n) is 7.21. The maximum absolute atomic E-state index is 11.3. The van der Waals surface area contributed by atoms with Gasteiger partial charge in [0.2, 0.25) is 0 Å². The van der Waals surface area contributed by atoms with Crippen molar-refractivity contribution in [1.29, 1.82) is 0 Å². The average molecular weight is 241 g/mol. The second-order valence-corrected chi connectivity index (χ2v) is 3.58. The number of Topliss-reactive ketones (excluding diaryl/α,β-unsaturated/α-hetero) is 1. The van der Waals surface area contributed by atoms with Gasteiger partial charge in [-0.05, 0) is 18.2 Å². The van der Waals surface area contributed by atoms with Crippen molar-refractivity contribution in [3.8, 4) is 0 Å². The third-order valence-electron chi connectivity index (χ3n) is 1.70. The first-order chi connectivity index (χ1) is 6.17. The number of carbonyl (C=O) groups excluding carboxylic acids is 2. The van der Waals surface area contributed by atoms with E-state index in [1.54, 1.807) is 25.1 Å². The van der Waals surface area contributed by atoms with Gasteiger partial charge < -0.3 is 0 Å². The van der Waals surface area contributed by atoms with Crippen LogP contribution in [0.2, 0.25) is 0 Å². The van der Waals surface area contributed by atoms with E-state index in [0.29, 0.717) is 17.5 Å². The number of halogens is 1. The normalized spacial score (nSPS) is 9.69. The van der Waals surface area contributed by atoms with Crippen molar-refractivity contribution >= 4 is 28.0 Å². The molecule has 2 nitrogen and oxygen atoms in total. The summed E-state index contributed by atoms with van der Waals surface area (Å²) in [6, 6.07) is 5.00. The van der Waals surface area contributed by atoms with Crippen molar-refractivity contribution in [2.45, 2.75) is 13.3 Å². The highest BCUT2D eigenvalue weighted by atomic mass is 79.9. The summed E-state index contributed by atoms with van der Waals surface area (Å²) in [6.07, 6.45) is 1.19. The molecule has 0 N–H and O–H groups in total. The second kappa shape index (κ2) is 4.33. The molecule has 0 aromatic heterocycles. The second-order valence-electron chi connectivity index (χ2n) is 2.67. The fourth-order valence-corrected chi connectivity index (χ4v) is 1.56. The first-order valence-corrected chi connectivity index (χ1v) is 4.75. The number of benzene rings is 1. The minimum atomic E-state index is 0.0457. The molecule has 0 aliphatic rings. The monoisotopic (exact) mass is 240 g/mol. The Morgan fingerprint density at radius 3 is 2.69 bits per heavy atom. The largest absolute Gasteiger partial charge is 0.298 e.